The lowest BCUT2D eigenvalue weighted by molar-refractivity contribution is -0.151. The Hall–Kier alpha value is -0.810. The Bertz CT molecular complexity index is 253. The van der Waals surface area contributed by atoms with Gasteiger partial charge < -0.3 is 14.6 Å². The van der Waals surface area contributed by atoms with Crippen molar-refractivity contribution in [2.45, 2.75) is 31.5 Å². The second-order valence-corrected chi connectivity index (χ2v) is 3.42. The van der Waals surface area contributed by atoms with Crippen LogP contribution in [-0.2, 0) is 9.47 Å². The molecule has 2 heterocycles. The summed E-state index contributed by atoms with van der Waals surface area (Å²) in [5, 5.41) is 13.2. The van der Waals surface area contributed by atoms with Crippen LogP contribution in [0.15, 0.2) is 5.11 Å². The maximum absolute atomic E-state index is 9.72. The summed E-state index contributed by atoms with van der Waals surface area (Å²) in [7, 11) is 0. The van der Waals surface area contributed by atoms with E-state index in [1.165, 1.54) is 0 Å². The smallest absolute Gasteiger partial charge is 0.169 e. The van der Waals surface area contributed by atoms with Gasteiger partial charge in [-0.05, 0) is 5.53 Å². The number of aliphatic hydroxyl groups excluding tert-OH is 1. The normalized spacial score (nSPS) is 48.6. The van der Waals surface area contributed by atoms with Gasteiger partial charge >= 0.3 is 0 Å². The van der Waals surface area contributed by atoms with E-state index in [2.05, 4.69) is 10.0 Å². The Morgan fingerprint density at radius 3 is 3.08 bits per heavy atom. The topological polar surface area (TPSA) is 87.5 Å². The first kappa shape index (κ1) is 8.77. The Kier molecular flexibility index (Phi) is 2.13. The molecule has 2 aliphatic heterocycles. The summed E-state index contributed by atoms with van der Waals surface area (Å²) in [4.78, 5) is 2.67. The Morgan fingerprint density at radius 1 is 1.62 bits per heavy atom. The standard InChI is InChI=1S/C7H11N3O3/c1-3-4-2-12-7(13-4)5(6(3)11)9-10-8/h3-7,11H,2H2,1H3/t3-,4-,5-,6+,7-/m1/s1. The third-order valence-electron chi connectivity index (χ3n) is 2.67. The van der Waals surface area contributed by atoms with Crippen LogP contribution in [0.3, 0.4) is 0 Å². The fourth-order valence-corrected chi connectivity index (χ4v) is 1.77. The molecule has 0 aromatic carbocycles. The van der Waals surface area contributed by atoms with Crippen molar-refractivity contribution < 1.29 is 14.6 Å². The van der Waals surface area contributed by atoms with E-state index in [4.69, 9.17) is 15.0 Å². The predicted octanol–water partition coefficient (Wildman–Crippen LogP) is 0.417. The van der Waals surface area contributed by atoms with Crippen molar-refractivity contribution >= 4 is 0 Å². The highest BCUT2D eigenvalue weighted by Crippen LogP contribution is 2.33. The highest BCUT2D eigenvalue weighted by atomic mass is 16.7. The molecule has 2 saturated heterocycles. The summed E-state index contributed by atoms with van der Waals surface area (Å²) in [5.74, 6) is -0.0470. The van der Waals surface area contributed by atoms with Crippen LogP contribution in [0.4, 0.5) is 0 Å². The molecule has 6 nitrogen and oxygen atoms in total. The molecular formula is C7H11N3O3. The predicted molar refractivity (Wildman–Crippen MR) is 42.7 cm³/mol. The molecule has 0 amide bonds. The molecule has 0 aliphatic carbocycles. The summed E-state index contributed by atoms with van der Waals surface area (Å²) < 4.78 is 10.6. The quantitative estimate of drug-likeness (QED) is 0.364. The molecule has 2 rings (SSSR count). The molecule has 2 bridgehead atoms. The minimum atomic E-state index is -0.665. The number of hydrogen-bond donors (Lipinski definition) is 1. The maximum Gasteiger partial charge on any atom is 0.169 e. The zero-order chi connectivity index (χ0) is 9.42. The number of nitrogens with zero attached hydrogens (tertiary/aromatic N) is 3. The average Bonchev–Trinajstić information content (AvgIpc) is 2.56. The van der Waals surface area contributed by atoms with Crippen LogP contribution >= 0.6 is 0 Å². The van der Waals surface area contributed by atoms with Crippen molar-refractivity contribution in [2.75, 3.05) is 6.61 Å². The molecule has 0 aromatic rings. The molecule has 13 heavy (non-hydrogen) atoms. The molecular weight excluding hydrogens is 174 g/mol. The summed E-state index contributed by atoms with van der Waals surface area (Å²) in [6.45, 7) is 2.33. The van der Waals surface area contributed by atoms with Crippen molar-refractivity contribution in [2.24, 2.45) is 11.0 Å². The molecule has 0 radical (unpaired) electrons. The SMILES string of the molecule is C[C@H]1[C@H](O)[C@@H](N=[N+]=[N-])[C@@H]2OC[C@H]1O2. The monoisotopic (exact) mass is 185 g/mol. The number of fused-ring (bicyclic) bond motifs is 2. The average molecular weight is 185 g/mol. The van der Waals surface area contributed by atoms with E-state index in [9.17, 15) is 5.11 Å². The van der Waals surface area contributed by atoms with E-state index in [-0.39, 0.29) is 12.0 Å². The van der Waals surface area contributed by atoms with E-state index in [1.807, 2.05) is 6.92 Å². The van der Waals surface area contributed by atoms with Crippen molar-refractivity contribution in [1.82, 2.24) is 0 Å². The number of azide groups is 1. The van der Waals surface area contributed by atoms with E-state index in [0.717, 1.165) is 0 Å². The number of aliphatic hydroxyl groups is 1. The van der Waals surface area contributed by atoms with Gasteiger partial charge in [-0.1, -0.05) is 12.0 Å². The summed E-state index contributed by atoms with van der Waals surface area (Å²) >= 11 is 0. The Morgan fingerprint density at radius 2 is 2.38 bits per heavy atom. The molecule has 6 heteroatoms. The first-order chi connectivity index (χ1) is 6.24. The number of ether oxygens (including phenoxy) is 2. The van der Waals surface area contributed by atoms with Crippen LogP contribution in [0, 0.1) is 5.92 Å². The lowest BCUT2D eigenvalue weighted by atomic mass is 9.91. The van der Waals surface area contributed by atoms with Gasteiger partial charge in [-0.2, -0.15) is 0 Å². The first-order valence-corrected chi connectivity index (χ1v) is 4.23. The van der Waals surface area contributed by atoms with Gasteiger partial charge in [-0.15, -0.1) is 0 Å². The van der Waals surface area contributed by atoms with Gasteiger partial charge in [-0.25, -0.2) is 0 Å². The van der Waals surface area contributed by atoms with E-state index >= 15 is 0 Å². The van der Waals surface area contributed by atoms with Crippen molar-refractivity contribution in [1.29, 1.82) is 0 Å². The maximum atomic E-state index is 9.72. The fraction of sp³-hybridized carbons (Fsp3) is 1.00. The number of rotatable bonds is 1. The molecule has 0 unspecified atom stereocenters. The lowest BCUT2D eigenvalue weighted by Crippen LogP contribution is -2.48. The Labute approximate surface area is 75.1 Å². The molecule has 0 spiro atoms. The molecule has 0 aromatic heterocycles. The van der Waals surface area contributed by atoms with E-state index < -0.39 is 18.4 Å². The van der Waals surface area contributed by atoms with Gasteiger partial charge in [-0.3, -0.25) is 0 Å². The summed E-state index contributed by atoms with van der Waals surface area (Å²) in [6, 6.07) is -0.612. The highest BCUT2D eigenvalue weighted by Gasteiger charge is 2.47. The molecule has 0 saturated carbocycles. The van der Waals surface area contributed by atoms with Crippen LogP contribution in [-0.4, -0.2) is 36.3 Å². The van der Waals surface area contributed by atoms with Crippen LogP contribution in [0.1, 0.15) is 6.92 Å². The van der Waals surface area contributed by atoms with Crippen LogP contribution in [0.2, 0.25) is 0 Å². The lowest BCUT2D eigenvalue weighted by Gasteiger charge is -2.33. The zero-order valence-electron chi connectivity index (χ0n) is 7.20. The van der Waals surface area contributed by atoms with Crippen molar-refractivity contribution in [3.63, 3.8) is 0 Å². The first-order valence-electron chi connectivity index (χ1n) is 4.23. The van der Waals surface area contributed by atoms with Crippen LogP contribution in [0.25, 0.3) is 10.4 Å². The number of hydrogen-bond acceptors (Lipinski definition) is 4. The summed E-state index contributed by atoms with van der Waals surface area (Å²) in [5.41, 5.74) is 8.29. The van der Waals surface area contributed by atoms with E-state index in [0.29, 0.717) is 6.61 Å². The van der Waals surface area contributed by atoms with Gasteiger partial charge in [0.25, 0.3) is 0 Å². The van der Waals surface area contributed by atoms with Gasteiger partial charge in [0.2, 0.25) is 0 Å². The van der Waals surface area contributed by atoms with Crippen LogP contribution in [0.5, 0.6) is 0 Å². The molecule has 2 aliphatic rings. The highest BCUT2D eigenvalue weighted by molar-refractivity contribution is 4.94. The second kappa shape index (κ2) is 3.16. The van der Waals surface area contributed by atoms with Crippen LogP contribution < -0.4 is 0 Å². The Balaban J connectivity index is 2.21. The molecule has 2 fully saturated rings. The van der Waals surface area contributed by atoms with Gasteiger partial charge in [0.1, 0.15) is 6.04 Å². The zero-order valence-corrected chi connectivity index (χ0v) is 7.20. The van der Waals surface area contributed by atoms with Gasteiger partial charge in [0.15, 0.2) is 6.29 Å². The van der Waals surface area contributed by atoms with Crippen molar-refractivity contribution in [3.05, 3.63) is 10.4 Å². The van der Waals surface area contributed by atoms with E-state index in [1.54, 1.807) is 0 Å². The molecule has 1 N–H and O–H groups in total. The third-order valence-corrected chi connectivity index (χ3v) is 2.67. The minimum absolute atomic E-state index is 0.0470. The summed E-state index contributed by atoms with van der Waals surface area (Å²) in [6.07, 6.45) is -1.29. The van der Waals surface area contributed by atoms with Gasteiger partial charge in [0, 0.05) is 10.8 Å². The van der Waals surface area contributed by atoms with Crippen molar-refractivity contribution in [3.8, 4) is 0 Å². The molecule has 72 valence electrons. The van der Waals surface area contributed by atoms with Gasteiger partial charge in [0.05, 0.1) is 18.8 Å². The largest absolute Gasteiger partial charge is 0.392 e. The third kappa shape index (κ3) is 1.28. The minimum Gasteiger partial charge on any atom is -0.392 e. The second-order valence-electron chi connectivity index (χ2n) is 3.42. The fourth-order valence-electron chi connectivity index (χ4n) is 1.77. The molecule has 5 atom stereocenters.